The summed E-state index contributed by atoms with van der Waals surface area (Å²) in [5.41, 5.74) is 8.04. The molecule has 23 heavy (non-hydrogen) atoms. The summed E-state index contributed by atoms with van der Waals surface area (Å²) in [4.78, 5) is 13.8. The largest absolute Gasteiger partial charge is 0.573 e. The molecular formula is C16H13F3N2O2. The maximum Gasteiger partial charge on any atom is 0.573 e. The summed E-state index contributed by atoms with van der Waals surface area (Å²) >= 11 is 0. The van der Waals surface area contributed by atoms with Crippen LogP contribution in [-0.4, -0.2) is 12.3 Å². The lowest BCUT2D eigenvalue weighted by atomic mass is 10.1. The maximum absolute atomic E-state index is 12.2. The van der Waals surface area contributed by atoms with Crippen LogP contribution >= 0.6 is 0 Å². The zero-order chi connectivity index (χ0) is 16.6. The molecule has 2 aromatic rings. The number of rotatable bonds is 3. The van der Waals surface area contributed by atoms with E-state index in [0.717, 1.165) is 11.3 Å². The van der Waals surface area contributed by atoms with Gasteiger partial charge in [0.1, 0.15) is 11.8 Å². The Hall–Kier alpha value is -2.54. The van der Waals surface area contributed by atoms with Crippen molar-refractivity contribution >= 4 is 11.6 Å². The van der Waals surface area contributed by atoms with Gasteiger partial charge in [-0.3, -0.25) is 4.79 Å². The monoisotopic (exact) mass is 322 g/mol. The van der Waals surface area contributed by atoms with Gasteiger partial charge in [-0.1, -0.05) is 30.3 Å². The number of nitrogens with two attached hydrogens (primary N) is 1. The highest BCUT2D eigenvalue weighted by molar-refractivity contribution is 6.04. The molecule has 1 aliphatic heterocycles. The highest BCUT2D eigenvalue weighted by atomic mass is 19.4. The first-order valence-corrected chi connectivity index (χ1v) is 6.86. The van der Waals surface area contributed by atoms with Gasteiger partial charge in [0.05, 0.1) is 6.54 Å². The Morgan fingerprint density at radius 3 is 2.39 bits per heavy atom. The van der Waals surface area contributed by atoms with Crippen molar-refractivity contribution in [2.75, 3.05) is 4.90 Å². The van der Waals surface area contributed by atoms with Crippen molar-refractivity contribution in [2.24, 2.45) is 5.73 Å². The Morgan fingerprint density at radius 2 is 1.74 bits per heavy atom. The molecule has 1 unspecified atom stereocenters. The van der Waals surface area contributed by atoms with Gasteiger partial charge in [-0.25, -0.2) is 0 Å². The van der Waals surface area contributed by atoms with Crippen LogP contribution in [0.15, 0.2) is 48.5 Å². The SMILES string of the molecule is NC1C(=O)N(Cc2ccc(OC(F)(F)F)cc2)c2ccccc21. The molecule has 3 rings (SSSR count). The Morgan fingerprint density at radius 1 is 1.09 bits per heavy atom. The number of ether oxygens (including phenoxy) is 1. The summed E-state index contributed by atoms with van der Waals surface area (Å²) in [7, 11) is 0. The van der Waals surface area contributed by atoms with Gasteiger partial charge in [0, 0.05) is 11.3 Å². The summed E-state index contributed by atoms with van der Waals surface area (Å²) in [6.07, 6.45) is -4.72. The van der Waals surface area contributed by atoms with Gasteiger partial charge >= 0.3 is 6.36 Å². The second-order valence-corrected chi connectivity index (χ2v) is 5.15. The van der Waals surface area contributed by atoms with E-state index in [1.165, 1.54) is 29.2 Å². The molecule has 0 bridgehead atoms. The summed E-state index contributed by atoms with van der Waals surface area (Å²) in [6.45, 7) is 0.232. The van der Waals surface area contributed by atoms with Crippen molar-refractivity contribution in [1.29, 1.82) is 0 Å². The molecule has 1 heterocycles. The third-order valence-corrected chi connectivity index (χ3v) is 3.59. The van der Waals surface area contributed by atoms with Crippen LogP contribution in [0.2, 0.25) is 0 Å². The standard InChI is InChI=1S/C16H13F3N2O2/c17-16(18,19)23-11-7-5-10(6-8-11)9-21-13-4-2-1-3-12(13)14(20)15(21)22/h1-8,14H,9,20H2. The van der Waals surface area contributed by atoms with Crippen LogP contribution in [0.1, 0.15) is 17.2 Å². The van der Waals surface area contributed by atoms with Crippen LogP contribution in [-0.2, 0) is 11.3 Å². The van der Waals surface area contributed by atoms with Gasteiger partial charge in [0.25, 0.3) is 0 Å². The molecule has 2 aromatic carbocycles. The Balaban J connectivity index is 1.79. The van der Waals surface area contributed by atoms with Gasteiger partial charge < -0.3 is 15.4 Å². The fourth-order valence-electron chi connectivity index (χ4n) is 2.56. The number of carbonyl (C=O) groups is 1. The minimum absolute atomic E-state index is 0.232. The number of hydrogen-bond donors (Lipinski definition) is 1. The first kappa shape index (κ1) is 15.4. The topological polar surface area (TPSA) is 55.6 Å². The van der Waals surface area contributed by atoms with Crippen LogP contribution in [0.3, 0.4) is 0 Å². The van der Waals surface area contributed by atoms with Crippen molar-refractivity contribution in [2.45, 2.75) is 18.9 Å². The number of hydrogen-bond acceptors (Lipinski definition) is 3. The van der Waals surface area contributed by atoms with Crippen molar-refractivity contribution in [3.05, 3.63) is 59.7 Å². The molecule has 0 aliphatic carbocycles. The number of para-hydroxylation sites is 1. The van der Waals surface area contributed by atoms with Crippen LogP contribution in [0.5, 0.6) is 5.75 Å². The fraction of sp³-hybridized carbons (Fsp3) is 0.188. The predicted octanol–water partition coefficient (Wildman–Crippen LogP) is 3.13. The van der Waals surface area contributed by atoms with Crippen LogP contribution < -0.4 is 15.4 Å². The van der Waals surface area contributed by atoms with Gasteiger partial charge in [0.2, 0.25) is 5.91 Å². The van der Waals surface area contributed by atoms with Gasteiger partial charge in [0.15, 0.2) is 0 Å². The highest BCUT2D eigenvalue weighted by Gasteiger charge is 2.34. The summed E-state index contributed by atoms with van der Waals surface area (Å²) in [5.74, 6) is -0.534. The maximum atomic E-state index is 12.2. The van der Waals surface area contributed by atoms with Crippen molar-refractivity contribution in [1.82, 2.24) is 0 Å². The Labute approximate surface area is 130 Å². The number of amides is 1. The number of alkyl halides is 3. The second kappa shape index (κ2) is 5.58. The lowest BCUT2D eigenvalue weighted by molar-refractivity contribution is -0.274. The van der Waals surface area contributed by atoms with Gasteiger partial charge in [-0.2, -0.15) is 0 Å². The lowest BCUT2D eigenvalue weighted by Gasteiger charge is -2.18. The molecule has 0 fully saturated rings. The van der Waals surface area contributed by atoms with E-state index in [9.17, 15) is 18.0 Å². The first-order chi connectivity index (χ1) is 10.8. The molecule has 4 nitrogen and oxygen atoms in total. The molecule has 1 amide bonds. The minimum Gasteiger partial charge on any atom is -0.406 e. The number of nitrogens with zero attached hydrogens (tertiary/aromatic N) is 1. The third-order valence-electron chi connectivity index (χ3n) is 3.59. The van der Waals surface area contributed by atoms with E-state index < -0.39 is 12.4 Å². The van der Waals surface area contributed by atoms with Crippen LogP contribution in [0, 0.1) is 0 Å². The molecule has 2 N–H and O–H groups in total. The number of anilines is 1. The summed E-state index contributed by atoms with van der Waals surface area (Å²) in [5, 5.41) is 0. The number of halogens is 3. The number of carbonyl (C=O) groups excluding carboxylic acids is 1. The highest BCUT2D eigenvalue weighted by Crippen LogP contribution is 2.35. The number of benzene rings is 2. The van der Waals surface area contributed by atoms with Gasteiger partial charge in [-0.05, 0) is 23.8 Å². The zero-order valence-corrected chi connectivity index (χ0v) is 11.9. The molecule has 0 spiro atoms. The summed E-state index contributed by atoms with van der Waals surface area (Å²) in [6, 6.07) is 11.9. The zero-order valence-electron chi connectivity index (χ0n) is 11.9. The molecular weight excluding hydrogens is 309 g/mol. The first-order valence-electron chi connectivity index (χ1n) is 6.86. The fourth-order valence-corrected chi connectivity index (χ4v) is 2.56. The van der Waals surface area contributed by atoms with E-state index in [2.05, 4.69) is 4.74 Å². The summed E-state index contributed by atoms with van der Waals surface area (Å²) < 4.78 is 40.2. The van der Waals surface area contributed by atoms with Gasteiger partial charge in [-0.15, -0.1) is 13.2 Å². The molecule has 0 radical (unpaired) electrons. The van der Waals surface area contributed by atoms with E-state index in [-0.39, 0.29) is 18.2 Å². The molecule has 1 aliphatic rings. The molecule has 0 saturated heterocycles. The predicted molar refractivity (Wildman–Crippen MR) is 77.7 cm³/mol. The van der Waals surface area contributed by atoms with Crippen LogP contribution in [0.25, 0.3) is 0 Å². The van der Waals surface area contributed by atoms with E-state index in [1.807, 2.05) is 0 Å². The van der Waals surface area contributed by atoms with Crippen molar-refractivity contribution in [3.63, 3.8) is 0 Å². The van der Waals surface area contributed by atoms with Crippen molar-refractivity contribution < 1.29 is 22.7 Å². The average molecular weight is 322 g/mol. The average Bonchev–Trinajstić information content (AvgIpc) is 2.73. The Kier molecular flexibility index (Phi) is 3.73. The van der Waals surface area contributed by atoms with Crippen LogP contribution in [0.4, 0.5) is 18.9 Å². The van der Waals surface area contributed by atoms with E-state index in [4.69, 9.17) is 5.73 Å². The Bertz CT molecular complexity index is 729. The lowest BCUT2D eigenvalue weighted by Crippen LogP contribution is -2.31. The smallest absolute Gasteiger partial charge is 0.406 e. The molecule has 7 heteroatoms. The normalized spacial score (nSPS) is 17.3. The van der Waals surface area contributed by atoms with E-state index >= 15 is 0 Å². The van der Waals surface area contributed by atoms with E-state index in [1.54, 1.807) is 24.3 Å². The molecule has 1 atom stereocenters. The molecule has 120 valence electrons. The quantitative estimate of drug-likeness (QED) is 0.944. The number of fused-ring (bicyclic) bond motifs is 1. The third kappa shape index (κ3) is 3.14. The second-order valence-electron chi connectivity index (χ2n) is 5.15. The molecule has 0 aromatic heterocycles. The van der Waals surface area contributed by atoms with Crippen molar-refractivity contribution in [3.8, 4) is 5.75 Å². The molecule has 0 saturated carbocycles. The van der Waals surface area contributed by atoms with E-state index in [0.29, 0.717) is 5.56 Å². The minimum atomic E-state index is -4.72.